The summed E-state index contributed by atoms with van der Waals surface area (Å²) in [5, 5.41) is 17.6. The van der Waals surface area contributed by atoms with E-state index in [9.17, 15) is 24.0 Å². The van der Waals surface area contributed by atoms with Crippen LogP contribution in [0.25, 0.3) is 44.1 Å². The van der Waals surface area contributed by atoms with Gasteiger partial charge in [0.2, 0.25) is 27.7 Å². The molecule has 2 aliphatic heterocycles. The monoisotopic (exact) mass is 1280 g/mol. The number of pyridine rings is 5. The van der Waals surface area contributed by atoms with Crippen molar-refractivity contribution in [2.24, 2.45) is 0 Å². The first kappa shape index (κ1) is 57.0. The Kier molecular flexibility index (Phi) is 18.7. The molecule has 0 aliphatic carbocycles. The number of carbonyl (C=O) groups is 3. The molecule has 79 heavy (non-hydrogen) atoms. The van der Waals surface area contributed by atoms with Crippen molar-refractivity contribution in [3.05, 3.63) is 206 Å². The quantitative estimate of drug-likeness (QED) is 0.0692. The molecule has 0 saturated heterocycles. The molecule has 22 nitrogen and oxygen atoms in total. The van der Waals surface area contributed by atoms with E-state index in [2.05, 4.69) is 107 Å². The summed E-state index contributed by atoms with van der Waals surface area (Å²) in [5.41, 5.74) is 10.4. The summed E-state index contributed by atoms with van der Waals surface area (Å²) < 4.78 is 1.92. The molecular weight excluding hydrogens is 1260 g/mol. The lowest BCUT2D eigenvalue weighted by Crippen LogP contribution is -2.22. The van der Waals surface area contributed by atoms with Crippen LogP contribution in [0, 0.1) is 0 Å². The molecule has 7 N–H and O–H groups in total. The zero-order valence-corrected chi connectivity index (χ0v) is 46.5. The largest absolute Gasteiger partial charge is 0.478 e. The number of hydrogen-bond donors (Lipinski definition) is 6. The van der Waals surface area contributed by atoms with Crippen molar-refractivity contribution in [1.82, 2.24) is 64.8 Å². The summed E-state index contributed by atoms with van der Waals surface area (Å²) in [6.07, 6.45) is 8.35. The number of nitrogens with zero attached hydrogens (tertiary/aromatic N) is 11. The summed E-state index contributed by atoms with van der Waals surface area (Å²) in [6.45, 7) is 0. The van der Waals surface area contributed by atoms with Gasteiger partial charge < -0.3 is 21.5 Å². The Hall–Kier alpha value is -8.23. The number of fused-ring (bicyclic) bond motifs is 6. The van der Waals surface area contributed by atoms with Crippen LogP contribution in [-0.2, 0) is 16.0 Å². The van der Waals surface area contributed by atoms with Crippen LogP contribution >= 0.6 is 89.9 Å². The number of carboxylic acids is 1. The van der Waals surface area contributed by atoms with Crippen molar-refractivity contribution < 1.29 is 19.5 Å². The normalized spacial score (nSPS) is 12.6. The molecule has 2 aliphatic rings. The van der Waals surface area contributed by atoms with E-state index in [4.69, 9.17) is 68.8 Å². The zero-order valence-electron chi connectivity index (χ0n) is 39.5. The summed E-state index contributed by atoms with van der Waals surface area (Å²) in [4.78, 5) is 103. The molecular formula is C50H31Br2Cl5N16O6. The van der Waals surface area contributed by atoms with Crippen molar-refractivity contribution in [3.63, 3.8) is 0 Å². The molecule has 0 radical (unpaired) electrons. The van der Waals surface area contributed by atoms with Gasteiger partial charge in [-0.2, -0.15) is 15.0 Å². The third kappa shape index (κ3) is 14.5. The van der Waals surface area contributed by atoms with Crippen LogP contribution in [0.3, 0.4) is 0 Å². The number of rotatable bonds is 2. The third-order valence-corrected chi connectivity index (χ3v) is 12.7. The van der Waals surface area contributed by atoms with Crippen LogP contribution in [0.5, 0.6) is 0 Å². The van der Waals surface area contributed by atoms with E-state index in [0.29, 0.717) is 61.2 Å². The maximum Gasteiger partial charge on any atom is 0.339 e. The van der Waals surface area contributed by atoms with Crippen LogP contribution in [0.4, 0.5) is 17.2 Å². The number of carbonyl (C=O) groups excluding carboxylic acids is 2. The van der Waals surface area contributed by atoms with Crippen LogP contribution in [-0.4, -0.2) is 87.7 Å². The molecule has 0 bridgehead atoms. The second kappa shape index (κ2) is 25.9. The van der Waals surface area contributed by atoms with E-state index in [0.717, 1.165) is 36.8 Å². The minimum atomic E-state index is -1.05. The molecule has 0 saturated carbocycles. The number of carboxylic acid groups (broad SMARTS) is 1. The van der Waals surface area contributed by atoms with Gasteiger partial charge in [0.25, 0.3) is 5.56 Å². The van der Waals surface area contributed by atoms with Gasteiger partial charge in [-0.1, -0.05) is 55.1 Å². The number of benzene rings is 2. The molecule has 29 heteroatoms. The second-order valence-electron chi connectivity index (χ2n) is 15.8. The highest BCUT2D eigenvalue weighted by molar-refractivity contribution is 9.10. The van der Waals surface area contributed by atoms with E-state index in [1.165, 1.54) is 24.5 Å². The third-order valence-electron chi connectivity index (χ3n) is 10.7. The first-order valence-corrected chi connectivity index (χ1v) is 25.7. The summed E-state index contributed by atoms with van der Waals surface area (Å²) in [7, 11) is 0. The van der Waals surface area contributed by atoms with E-state index < -0.39 is 23.1 Å². The number of aromatic nitrogens is 13. The Balaban J connectivity index is 0.000000128. The predicted octanol–water partition coefficient (Wildman–Crippen LogP) is 10.1. The lowest BCUT2D eigenvalue weighted by atomic mass is 9.95. The minimum Gasteiger partial charge on any atom is -0.478 e. The van der Waals surface area contributed by atoms with Crippen molar-refractivity contribution in [1.29, 1.82) is 0 Å². The SMILES string of the molecule is Clc1nc(Cl)c2cccnc2n1.Clc1nc(Cl)c2cccnc2n1.Nc1ncccc1C(=O)O.O=C1Cc2cc(Br)ccc2N1.O=C1Nc2ccc(Br)cc2C1c1nc(Cl)nc2ncccc12.O=c1[nH]c(=O)c2cccnc2[nH]1. The van der Waals surface area contributed by atoms with Gasteiger partial charge in [0.1, 0.15) is 33.3 Å². The summed E-state index contributed by atoms with van der Waals surface area (Å²) >= 11 is 35.5. The van der Waals surface area contributed by atoms with Gasteiger partial charge in [0.15, 0.2) is 16.9 Å². The number of hydrogen-bond acceptors (Lipinski definition) is 17. The number of anilines is 3. The highest BCUT2D eigenvalue weighted by Gasteiger charge is 2.35. The number of nitrogen functional groups attached to an aromatic ring is 1. The smallest absolute Gasteiger partial charge is 0.339 e. The van der Waals surface area contributed by atoms with Crippen molar-refractivity contribution >= 4 is 169 Å². The first-order valence-electron chi connectivity index (χ1n) is 22.3. The molecule has 2 amide bonds. The second-order valence-corrected chi connectivity index (χ2v) is 19.4. The molecule has 9 aromatic heterocycles. The number of aromatic amines is 2. The molecule has 11 aromatic rings. The van der Waals surface area contributed by atoms with Crippen LogP contribution < -0.4 is 27.6 Å². The number of amides is 2. The van der Waals surface area contributed by atoms with Gasteiger partial charge in [-0.15, -0.1) is 0 Å². The fourth-order valence-corrected chi connectivity index (χ4v) is 9.11. The topological polar surface area (TPSA) is 329 Å². The number of nitrogens with two attached hydrogens (primary N) is 1. The van der Waals surface area contributed by atoms with Crippen LogP contribution in [0.15, 0.2) is 147 Å². The van der Waals surface area contributed by atoms with Gasteiger partial charge in [-0.3, -0.25) is 24.4 Å². The molecule has 0 fully saturated rings. The molecule has 13 rings (SSSR count). The Bertz CT molecular complexity index is 4180. The fraction of sp³-hybridized carbons (Fsp3) is 0.0400. The average molecular weight is 1290 g/mol. The van der Waals surface area contributed by atoms with Gasteiger partial charge >= 0.3 is 11.7 Å². The zero-order chi connectivity index (χ0) is 56.3. The van der Waals surface area contributed by atoms with Gasteiger partial charge in [0.05, 0.1) is 28.3 Å². The number of halogens is 7. The summed E-state index contributed by atoms with van der Waals surface area (Å²) in [5.74, 6) is -1.58. The van der Waals surface area contributed by atoms with E-state index in [1.807, 2.05) is 42.5 Å². The Labute approximate surface area is 484 Å². The van der Waals surface area contributed by atoms with Crippen molar-refractivity contribution in [2.45, 2.75) is 12.3 Å². The van der Waals surface area contributed by atoms with E-state index >= 15 is 0 Å². The van der Waals surface area contributed by atoms with E-state index in [-0.39, 0.29) is 39.0 Å². The van der Waals surface area contributed by atoms with E-state index in [1.54, 1.807) is 61.1 Å². The molecule has 11 heterocycles. The maximum absolute atomic E-state index is 12.4. The predicted molar refractivity (Wildman–Crippen MR) is 307 cm³/mol. The minimum absolute atomic E-state index is 0.0440. The number of aromatic carboxylic acids is 1. The standard InChI is InChI=1S/C15H8BrClN4O.C8H6BrNO.2C7H3Cl2N3.C7H5N3O2.C6H6N2O2/c16-7-3-4-10-9(6-7)11(14(22)19-10)12-8-2-1-5-18-13(8)21-15(17)20-12;9-6-1-2-7-5(3-6)4-8(11)10-7;2*8-5-4-2-1-3-10-6(4)12-7(9)11-5;11-6-4-2-1-3-8-5(4)9-7(12)10-6;7-5-4(6(9)10)2-1-3-8-5/h1-6,11H,(H,19,22);1-3H,4H2,(H,10,11);2*1-3H;1-3H,(H2,8,9,10,11,12);1-3H,(H2,7,8)(H,9,10). The molecule has 396 valence electrons. The van der Waals surface area contributed by atoms with Gasteiger partial charge in [-0.05, 0) is 143 Å². The Morgan fingerprint density at radius 1 is 0.570 bits per heavy atom. The molecule has 2 aromatic carbocycles. The number of H-pyrrole nitrogens is 2. The summed E-state index contributed by atoms with van der Waals surface area (Å²) in [6, 6.07) is 28.4. The highest BCUT2D eigenvalue weighted by atomic mass is 79.9. The van der Waals surface area contributed by atoms with Gasteiger partial charge in [0, 0.05) is 56.7 Å². The lowest BCUT2D eigenvalue weighted by Gasteiger charge is -2.11. The van der Waals surface area contributed by atoms with Crippen molar-refractivity contribution in [3.8, 4) is 0 Å². The van der Waals surface area contributed by atoms with Crippen LogP contribution in [0.2, 0.25) is 26.2 Å². The van der Waals surface area contributed by atoms with Crippen LogP contribution in [0.1, 0.15) is 33.1 Å². The number of nitrogens with one attached hydrogen (secondary N) is 4. The fourth-order valence-electron chi connectivity index (χ4n) is 7.28. The Morgan fingerprint density at radius 2 is 1.08 bits per heavy atom. The highest BCUT2D eigenvalue weighted by Crippen LogP contribution is 2.40. The Morgan fingerprint density at radius 3 is 1.66 bits per heavy atom. The molecule has 1 unspecified atom stereocenters. The molecule has 0 spiro atoms. The van der Waals surface area contributed by atoms with Crippen molar-refractivity contribution in [2.75, 3.05) is 16.4 Å². The first-order chi connectivity index (χ1) is 37.9. The molecule has 1 atom stereocenters. The lowest BCUT2D eigenvalue weighted by molar-refractivity contribution is -0.116. The average Bonchev–Trinajstić information content (AvgIpc) is 4.13. The van der Waals surface area contributed by atoms with Gasteiger partial charge in [-0.25, -0.2) is 49.5 Å². The maximum atomic E-state index is 12.4.